The maximum Gasteiger partial charge on any atom is 0.310 e. The molecule has 0 saturated heterocycles. The molecule has 0 bridgehead atoms. The van der Waals surface area contributed by atoms with E-state index in [1.165, 1.54) is 7.11 Å². The lowest BCUT2D eigenvalue weighted by Crippen LogP contribution is -2.21. The fourth-order valence-corrected chi connectivity index (χ4v) is 0.752. The van der Waals surface area contributed by atoms with E-state index in [4.69, 9.17) is 14.2 Å². The average Bonchev–Trinajstić information content (AvgIpc) is 2.04. The van der Waals surface area contributed by atoms with Gasteiger partial charge in [-0.15, -0.1) is 0 Å². The molecule has 1 unspecified atom stereocenters. The lowest BCUT2D eigenvalue weighted by molar-refractivity contribution is -0.162. The molecule has 0 fully saturated rings. The third kappa shape index (κ3) is 5.09. The third-order valence-electron chi connectivity index (χ3n) is 1.25. The van der Waals surface area contributed by atoms with Gasteiger partial charge in [0.1, 0.15) is 0 Å². The lowest BCUT2D eigenvalue weighted by atomic mass is 10.4. The highest BCUT2D eigenvalue weighted by molar-refractivity contribution is 5.69. The summed E-state index contributed by atoms with van der Waals surface area (Å²) in [6.45, 7) is 4.52. The molecule has 0 aliphatic carbocycles. The van der Waals surface area contributed by atoms with Gasteiger partial charge >= 0.3 is 5.97 Å². The molecule has 0 aromatic rings. The topological polar surface area (TPSA) is 44.8 Å². The Hall–Kier alpha value is -0.610. The van der Waals surface area contributed by atoms with Crippen molar-refractivity contribution >= 4 is 5.97 Å². The Bertz CT molecular complexity index is 124. The van der Waals surface area contributed by atoms with Crippen molar-refractivity contribution in [3.05, 3.63) is 0 Å². The van der Waals surface area contributed by atoms with Crippen molar-refractivity contribution in [1.82, 2.24) is 0 Å². The quantitative estimate of drug-likeness (QED) is 0.446. The van der Waals surface area contributed by atoms with Gasteiger partial charge in [0, 0.05) is 13.7 Å². The third-order valence-corrected chi connectivity index (χ3v) is 1.25. The number of rotatable bonds is 6. The highest BCUT2D eigenvalue weighted by atomic mass is 16.7. The maximum atomic E-state index is 10.9. The molecule has 0 aliphatic rings. The van der Waals surface area contributed by atoms with Gasteiger partial charge in [-0.05, 0) is 13.8 Å². The highest BCUT2D eigenvalue weighted by Gasteiger charge is 2.12. The van der Waals surface area contributed by atoms with Gasteiger partial charge < -0.3 is 14.2 Å². The second-order valence-corrected chi connectivity index (χ2v) is 2.13. The molecule has 72 valence electrons. The summed E-state index contributed by atoms with van der Waals surface area (Å²) in [5, 5.41) is 0. The van der Waals surface area contributed by atoms with E-state index in [0.29, 0.717) is 13.2 Å². The number of hydrogen-bond acceptors (Lipinski definition) is 4. The van der Waals surface area contributed by atoms with Crippen LogP contribution in [0.15, 0.2) is 0 Å². The van der Waals surface area contributed by atoms with Gasteiger partial charge in [-0.2, -0.15) is 0 Å². The molecule has 0 N–H and O–H groups in total. The van der Waals surface area contributed by atoms with Crippen molar-refractivity contribution < 1.29 is 19.0 Å². The number of ether oxygens (including phenoxy) is 3. The van der Waals surface area contributed by atoms with Gasteiger partial charge in [0.15, 0.2) is 6.29 Å². The summed E-state index contributed by atoms with van der Waals surface area (Å²) in [5.74, 6) is -0.294. The van der Waals surface area contributed by atoms with E-state index in [1.54, 1.807) is 6.92 Å². The molecular formula is C8H16O4. The summed E-state index contributed by atoms with van der Waals surface area (Å²) in [7, 11) is 1.50. The van der Waals surface area contributed by atoms with E-state index in [-0.39, 0.29) is 12.4 Å². The first-order valence-electron chi connectivity index (χ1n) is 4.04. The summed E-state index contributed by atoms with van der Waals surface area (Å²) >= 11 is 0. The van der Waals surface area contributed by atoms with Gasteiger partial charge in [-0.1, -0.05) is 0 Å². The molecule has 12 heavy (non-hydrogen) atoms. The van der Waals surface area contributed by atoms with Crippen LogP contribution >= 0.6 is 0 Å². The second-order valence-electron chi connectivity index (χ2n) is 2.13. The molecule has 0 aromatic heterocycles. The van der Waals surface area contributed by atoms with Crippen molar-refractivity contribution in [2.75, 3.05) is 20.3 Å². The first kappa shape index (κ1) is 11.4. The molecule has 1 atom stereocenters. The fourth-order valence-electron chi connectivity index (χ4n) is 0.752. The van der Waals surface area contributed by atoms with Crippen LogP contribution in [0.1, 0.15) is 20.3 Å². The van der Waals surface area contributed by atoms with Gasteiger partial charge in [-0.25, -0.2) is 0 Å². The van der Waals surface area contributed by atoms with Crippen molar-refractivity contribution in [3.63, 3.8) is 0 Å². The Morgan fingerprint density at radius 2 is 2.00 bits per heavy atom. The van der Waals surface area contributed by atoms with Crippen molar-refractivity contribution in [2.45, 2.75) is 26.6 Å². The zero-order valence-electron chi connectivity index (χ0n) is 7.83. The van der Waals surface area contributed by atoms with Crippen LogP contribution in [-0.2, 0) is 19.0 Å². The number of carbonyl (C=O) groups is 1. The van der Waals surface area contributed by atoms with E-state index in [9.17, 15) is 4.79 Å². The molecular weight excluding hydrogens is 160 g/mol. The SMILES string of the molecule is CCOC(=O)CC(OC)OCC. The lowest BCUT2D eigenvalue weighted by Gasteiger charge is -2.13. The Morgan fingerprint density at radius 3 is 2.42 bits per heavy atom. The largest absolute Gasteiger partial charge is 0.466 e. The van der Waals surface area contributed by atoms with Gasteiger partial charge in [0.05, 0.1) is 13.0 Å². The predicted octanol–water partition coefficient (Wildman–Crippen LogP) is 0.949. The number of carbonyl (C=O) groups excluding carboxylic acids is 1. The van der Waals surface area contributed by atoms with E-state index < -0.39 is 6.29 Å². The van der Waals surface area contributed by atoms with E-state index in [0.717, 1.165) is 0 Å². The Kier molecular flexibility index (Phi) is 6.70. The van der Waals surface area contributed by atoms with Crippen LogP contribution in [0.5, 0.6) is 0 Å². The van der Waals surface area contributed by atoms with Crippen LogP contribution in [0, 0.1) is 0 Å². The first-order valence-corrected chi connectivity index (χ1v) is 4.04. The summed E-state index contributed by atoms with van der Waals surface area (Å²) in [4.78, 5) is 10.9. The van der Waals surface area contributed by atoms with E-state index >= 15 is 0 Å². The summed E-state index contributed by atoms with van der Waals surface area (Å²) in [6, 6.07) is 0. The van der Waals surface area contributed by atoms with Crippen LogP contribution < -0.4 is 0 Å². The molecule has 0 heterocycles. The van der Waals surface area contributed by atoms with Crippen molar-refractivity contribution in [3.8, 4) is 0 Å². The minimum Gasteiger partial charge on any atom is -0.466 e. The van der Waals surface area contributed by atoms with Gasteiger partial charge in [0.25, 0.3) is 0 Å². The minimum atomic E-state index is -0.478. The van der Waals surface area contributed by atoms with Crippen LogP contribution in [0.25, 0.3) is 0 Å². The van der Waals surface area contributed by atoms with Crippen molar-refractivity contribution in [1.29, 1.82) is 0 Å². The number of methoxy groups -OCH3 is 1. The standard InChI is InChI=1S/C8H16O4/c1-4-11-7(9)6-8(10-3)12-5-2/h8H,4-6H2,1-3H3. The zero-order valence-corrected chi connectivity index (χ0v) is 7.83. The first-order chi connectivity index (χ1) is 5.74. The van der Waals surface area contributed by atoms with Gasteiger partial charge in [-0.3, -0.25) is 4.79 Å². The van der Waals surface area contributed by atoms with Crippen LogP contribution in [0.2, 0.25) is 0 Å². The monoisotopic (exact) mass is 176 g/mol. The Labute approximate surface area is 72.8 Å². The van der Waals surface area contributed by atoms with Crippen molar-refractivity contribution in [2.24, 2.45) is 0 Å². The smallest absolute Gasteiger partial charge is 0.310 e. The molecule has 0 aliphatic heterocycles. The average molecular weight is 176 g/mol. The number of esters is 1. The molecule has 0 spiro atoms. The molecule has 4 heteroatoms. The van der Waals surface area contributed by atoms with Crippen LogP contribution in [-0.4, -0.2) is 32.6 Å². The predicted molar refractivity (Wildman–Crippen MR) is 43.7 cm³/mol. The molecule has 0 amide bonds. The summed E-state index contributed by atoms with van der Waals surface area (Å²) in [5.41, 5.74) is 0. The Morgan fingerprint density at radius 1 is 1.33 bits per heavy atom. The highest BCUT2D eigenvalue weighted by Crippen LogP contribution is 2.00. The van der Waals surface area contributed by atoms with Gasteiger partial charge in [0.2, 0.25) is 0 Å². The summed E-state index contributed by atoms with van der Waals surface area (Å²) in [6.07, 6.45) is -0.327. The summed E-state index contributed by atoms with van der Waals surface area (Å²) < 4.78 is 14.7. The molecule has 0 saturated carbocycles. The normalized spacial score (nSPS) is 12.6. The fraction of sp³-hybridized carbons (Fsp3) is 0.875. The second kappa shape index (κ2) is 7.06. The van der Waals surface area contributed by atoms with E-state index in [1.807, 2.05) is 6.92 Å². The Balaban J connectivity index is 3.61. The maximum absolute atomic E-state index is 10.9. The molecule has 0 radical (unpaired) electrons. The minimum absolute atomic E-state index is 0.151. The molecule has 4 nitrogen and oxygen atoms in total. The molecule has 0 rings (SSSR count). The van der Waals surface area contributed by atoms with Crippen LogP contribution in [0.4, 0.5) is 0 Å². The molecule has 0 aromatic carbocycles. The van der Waals surface area contributed by atoms with Crippen LogP contribution in [0.3, 0.4) is 0 Å². The number of hydrogen-bond donors (Lipinski definition) is 0. The van der Waals surface area contributed by atoms with E-state index in [2.05, 4.69) is 0 Å². The zero-order chi connectivity index (χ0) is 9.40.